The summed E-state index contributed by atoms with van der Waals surface area (Å²) in [6, 6.07) is 3.75. The third kappa shape index (κ3) is 3.97. The van der Waals surface area contributed by atoms with Crippen molar-refractivity contribution in [1.82, 2.24) is 4.90 Å². The minimum atomic E-state index is -0.0910. The van der Waals surface area contributed by atoms with Crippen LogP contribution in [0.25, 0.3) is 0 Å². The van der Waals surface area contributed by atoms with E-state index in [4.69, 9.17) is 10.5 Å². The van der Waals surface area contributed by atoms with Crippen molar-refractivity contribution in [2.75, 3.05) is 20.7 Å². The Bertz CT molecular complexity index is 399. The summed E-state index contributed by atoms with van der Waals surface area (Å²) < 4.78 is 7.02. The Kier molecular flexibility index (Phi) is 5.42. The number of nitrogens with zero attached hydrogens (tertiary/aromatic N) is 1. The van der Waals surface area contributed by atoms with Crippen LogP contribution in [0.15, 0.2) is 21.1 Å². The van der Waals surface area contributed by atoms with Crippen LogP contribution in [0.5, 0.6) is 5.75 Å². The average molecular weight is 366 g/mol. The number of halogens is 2. The molecule has 1 amide bonds. The number of carbonyl (C=O) groups is 1. The number of nitrogens with two attached hydrogens (primary N) is 1. The fourth-order valence-electron chi connectivity index (χ4n) is 1.13. The molecule has 94 valence electrons. The summed E-state index contributed by atoms with van der Waals surface area (Å²) in [7, 11) is 3.38. The summed E-state index contributed by atoms with van der Waals surface area (Å²) >= 11 is 6.78. The maximum Gasteiger partial charge on any atom is 0.259 e. The highest BCUT2D eigenvalue weighted by Gasteiger charge is 2.11. The quantitative estimate of drug-likeness (QED) is 0.889. The molecule has 1 aromatic carbocycles. The number of likely N-dealkylation sites (N-methyl/N-ethyl adjacent to an activating group) is 1. The first kappa shape index (κ1) is 14.5. The Morgan fingerprint density at radius 1 is 1.35 bits per heavy atom. The van der Waals surface area contributed by atoms with Gasteiger partial charge in [0.25, 0.3) is 5.91 Å². The smallest absolute Gasteiger partial charge is 0.259 e. The molecule has 2 N–H and O–H groups in total. The molecule has 0 saturated carbocycles. The zero-order chi connectivity index (χ0) is 13.0. The maximum absolute atomic E-state index is 11.4. The number of rotatable bonds is 4. The largest absolute Gasteiger partial charge is 0.481 e. The number of hydrogen-bond acceptors (Lipinski definition) is 3. The van der Waals surface area contributed by atoms with E-state index in [-0.39, 0.29) is 12.5 Å². The van der Waals surface area contributed by atoms with Crippen molar-refractivity contribution >= 4 is 37.8 Å². The molecule has 0 aliphatic heterocycles. The van der Waals surface area contributed by atoms with Crippen LogP contribution in [0.3, 0.4) is 0 Å². The number of ether oxygens (including phenoxy) is 1. The minimum absolute atomic E-state index is 0.00612. The van der Waals surface area contributed by atoms with Crippen LogP contribution in [0, 0.1) is 0 Å². The van der Waals surface area contributed by atoms with Crippen molar-refractivity contribution in [3.05, 3.63) is 26.6 Å². The molecular weight excluding hydrogens is 352 g/mol. The third-order valence-electron chi connectivity index (χ3n) is 2.13. The van der Waals surface area contributed by atoms with Gasteiger partial charge in [0.15, 0.2) is 6.61 Å². The van der Waals surface area contributed by atoms with Crippen LogP contribution >= 0.6 is 31.9 Å². The van der Waals surface area contributed by atoms with Crippen molar-refractivity contribution in [2.24, 2.45) is 5.73 Å². The summed E-state index contributed by atoms with van der Waals surface area (Å²) in [5.74, 6) is 0.518. The van der Waals surface area contributed by atoms with Crippen LogP contribution in [-0.2, 0) is 11.3 Å². The highest BCUT2D eigenvalue weighted by Crippen LogP contribution is 2.34. The molecule has 0 aliphatic carbocycles. The van der Waals surface area contributed by atoms with E-state index in [1.807, 2.05) is 12.1 Å². The second kappa shape index (κ2) is 6.37. The van der Waals surface area contributed by atoms with E-state index in [1.54, 1.807) is 14.1 Å². The first-order valence-corrected chi connectivity index (χ1v) is 6.55. The molecule has 17 heavy (non-hydrogen) atoms. The van der Waals surface area contributed by atoms with E-state index in [0.29, 0.717) is 12.3 Å². The van der Waals surface area contributed by atoms with E-state index >= 15 is 0 Å². The first-order chi connectivity index (χ1) is 7.95. The molecule has 0 atom stereocenters. The average Bonchev–Trinajstić information content (AvgIpc) is 2.27. The third-order valence-corrected chi connectivity index (χ3v) is 3.31. The van der Waals surface area contributed by atoms with E-state index in [0.717, 1.165) is 14.5 Å². The molecule has 0 bridgehead atoms. The molecule has 0 spiro atoms. The molecule has 1 aromatic rings. The first-order valence-electron chi connectivity index (χ1n) is 4.96. The maximum atomic E-state index is 11.4. The lowest BCUT2D eigenvalue weighted by Crippen LogP contribution is -2.27. The lowest BCUT2D eigenvalue weighted by molar-refractivity contribution is -0.130. The van der Waals surface area contributed by atoms with E-state index in [1.165, 1.54) is 4.90 Å². The predicted octanol–water partition coefficient (Wildman–Crippen LogP) is 2.14. The monoisotopic (exact) mass is 364 g/mol. The molecule has 0 saturated heterocycles. The Morgan fingerprint density at radius 3 is 2.29 bits per heavy atom. The van der Waals surface area contributed by atoms with Crippen LogP contribution in [-0.4, -0.2) is 31.5 Å². The van der Waals surface area contributed by atoms with Gasteiger partial charge in [0.1, 0.15) is 5.75 Å². The SMILES string of the molecule is CN(C)C(=O)COc1c(Br)cc(CN)cc1Br. The molecule has 0 unspecified atom stereocenters. The van der Waals surface area contributed by atoms with Crippen LogP contribution in [0.1, 0.15) is 5.56 Å². The van der Waals surface area contributed by atoms with E-state index in [2.05, 4.69) is 31.9 Å². The van der Waals surface area contributed by atoms with E-state index in [9.17, 15) is 4.79 Å². The van der Waals surface area contributed by atoms with E-state index < -0.39 is 0 Å². The Hall–Kier alpha value is -0.590. The highest BCUT2D eigenvalue weighted by atomic mass is 79.9. The topological polar surface area (TPSA) is 55.6 Å². The second-order valence-corrected chi connectivity index (χ2v) is 5.38. The van der Waals surface area contributed by atoms with Crippen molar-refractivity contribution in [3.8, 4) is 5.75 Å². The lowest BCUT2D eigenvalue weighted by Gasteiger charge is -2.14. The summed E-state index contributed by atoms with van der Waals surface area (Å²) in [6.07, 6.45) is 0. The summed E-state index contributed by atoms with van der Waals surface area (Å²) in [6.45, 7) is 0.459. The number of amides is 1. The van der Waals surface area contributed by atoms with Gasteiger partial charge < -0.3 is 15.4 Å². The Morgan fingerprint density at radius 2 is 1.88 bits per heavy atom. The standard InChI is InChI=1S/C11H14Br2N2O2/c1-15(2)10(16)6-17-11-8(12)3-7(5-14)4-9(11)13/h3-4H,5-6,14H2,1-2H3. The zero-order valence-electron chi connectivity index (χ0n) is 9.67. The van der Waals surface area contributed by atoms with Gasteiger partial charge in [-0.2, -0.15) is 0 Å². The van der Waals surface area contributed by atoms with Crippen molar-refractivity contribution in [2.45, 2.75) is 6.54 Å². The Balaban J connectivity index is 2.81. The van der Waals surface area contributed by atoms with Gasteiger partial charge in [0, 0.05) is 20.6 Å². The fraction of sp³-hybridized carbons (Fsp3) is 0.364. The minimum Gasteiger partial charge on any atom is -0.481 e. The van der Waals surface area contributed by atoms with Gasteiger partial charge in [0.2, 0.25) is 0 Å². The van der Waals surface area contributed by atoms with Crippen LogP contribution in [0.2, 0.25) is 0 Å². The molecule has 1 rings (SSSR count). The van der Waals surface area contributed by atoms with Gasteiger partial charge in [-0.25, -0.2) is 0 Å². The molecule has 0 aliphatic rings. The van der Waals surface area contributed by atoms with Crippen molar-refractivity contribution in [3.63, 3.8) is 0 Å². The molecule has 0 radical (unpaired) electrons. The normalized spacial score (nSPS) is 10.2. The zero-order valence-corrected chi connectivity index (χ0v) is 12.8. The Labute approximate surface area is 117 Å². The molecule has 0 aromatic heterocycles. The summed E-state index contributed by atoms with van der Waals surface area (Å²) in [5.41, 5.74) is 6.54. The number of carbonyl (C=O) groups excluding carboxylic acids is 1. The second-order valence-electron chi connectivity index (χ2n) is 3.67. The van der Waals surface area contributed by atoms with Gasteiger partial charge >= 0.3 is 0 Å². The molecule has 4 nitrogen and oxygen atoms in total. The molecular formula is C11H14Br2N2O2. The van der Waals surface area contributed by atoms with Gasteiger partial charge in [-0.1, -0.05) is 0 Å². The van der Waals surface area contributed by atoms with Gasteiger partial charge in [-0.05, 0) is 49.6 Å². The van der Waals surface area contributed by atoms with Crippen molar-refractivity contribution < 1.29 is 9.53 Å². The summed E-state index contributed by atoms with van der Waals surface area (Å²) in [4.78, 5) is 12.9. The van der Waals surface area contributed by atoms with Crippen LogP contribution < -0.4 is 10.5 Å². The molecule has 6 heteroatoms. The highest BCUT2D eigenvalue weighted by molar-refractivity contribution is 9.11. The predicted molar refractivity (Wildman–Crippen MR) is 73.9 cm³/mol. The van der Waals surface area contributed by atoms with Gasteiger partial charge in [-0.15, -0.1) is 0 Å². The van der Waals surface area contributed by atoms with Crippen LogP contribution in [0.4, 0.5) is 0 Å². The number of hydrogen-bond donors (Lipinski definition) is 1. The van der Waals surface area contributed by atoms with Crippen molar-refractivity contribution in [1.29, 1.82) is 0 Å². The van der Waals surface area contributed by atoms with Gasteiger partial charge in [0.05, 0.1) is 8.95 Å². The van der Waals surface area contributed by atoms with Gasteiger partial charge in [-0.3, -0.25) is 4.79 Å². The lowest BCUT2D eigenvalue weighted by atomic mass is 10.2. The fourth-order valence-corrected chi connectivity index (χ4v) is 2.64. The number of benzene rings is 1. The summed E-state index contributed by atoms with van der Waals surface area (Å²) in [5, 5.41) is 0. The molecule has 0 heterocycles. The molecule has 0 fully saturated rings.